The van der Waals surface area contributed by atoms with E-state index in [1.54, 1.807) is 13.2 Å². The van der Waals surface area contributed by atoms with Crippen molar-refractivity contribution in [3.8, 4) is 11.5 Å². The number of ether oxygens (including phenoxy) is 2. The van der Waals surface area contributed by atoms with Gasteiger partial charge in [-0.1, -0.05) is 19.9 Å². The fourth-order valence-corrected chi connectivity index (χ4v) is 3.31. The smallest absolute Gasteiger partial charge is 0.246 e. The summed E-state index contributed by atoms with van der Waals surface area (Å²) < 4.78 is 11.2. The molecule has 1 aliphatic rings. The molecule has 3 rings (SSSR count). The molecule has 0 bridgehead atoms. The van der Waals surface area contributed by atoms with E-state index in [0.717, 1.165) is 44.0 Å². The number of carbonyl (C=O) groups is 1. The Morgan fingerprint density at radius 2 is 1.83 bits per heavy atom. The second-order valence-corrected chi connectivity index (χ2v) is 7.91. The lowest BCUT2D eigenvalue weighted by Gasteiger charge is -2.34. The van der Waals surface area contributed by atoms with Crippen LogP contribution in [0.2, 0.25) is 0 Å². The van der Waals surface area contributed by atoms with Crippen molar-refractivity contribution in [1.82, 2.24) is 14.8 Å². The van der Waals surface area contributed by atoms with Crippen LogP contribution in [0.5, 0.6) is 11.5 Å². The molecular formula is C24H31N3O3. The summed E-state index contributed by atoms with van der Waals surface area (Å²) in [5, 5.41) is 0. The van der Waals surface area contributed by atoms with Crippen molar-refractivity contribution in [1.29, 1.82) is 0 Å². The number of hydrogen-bond acceptors (Lipinski definition) is 5. The van der Waals surface area contributed by atoms with Crippen LogP contribution in [0.4, 0.5) is 0 Å². The van der Waals surface area contributed by atoms with Crippen LogP contribution >= 0.6 is 0 Å². The zero-order valence-electron chi connectivity index (χ0n) is 18.1. The molecule has 160 valence electrons. The number of rotatable bonds is 8. The van der Waals surface area contributed by atoms with Gasteiger partial charge in [-0.2, -0.15) is 0 Å². The predicted octanol–water partition coefficient (Wildman–Crippen LogP) is 3.48. The van der Waals surface area contributed by atoms with Crippen LogP contribution in [0.25, 0.3) is 6.08 Å². The van der Waals surface area contributed by atoms with Crippen molar-refractivity contribution < 1.29 is 14.3 Å². The molecule has 1 saturated heterocycles. The minimum atomic E-state index is 0.0395. The number of nitrogens with zero attached hydrogens (tertiary/aromatic N) is 3. The molecule has 2 heterocycles. The minimum Gasteiger partial charge on any atom is -0.493 e. The van der Waals surface area contributed by atoms with Crippen molar-refractivity contribution in [2.24, 2.45) is 5.92 Å². The lowest BCUT2D eigenvalue weighted by molar-refractivity contribution is -0.127. The van der Waals surface area contributed by atoms with E-state index in [2.05, 4.69) is 23.7 Å². The van der Waals surface area contributed by atoms with Crippen molar-refractivity contribution >= 4 is 12.0 Å². The number of piperazine rings is 1. The minimum absolute atomic E-state index is 0.0395. The highest BCUT2D eigenvalue weighted by atomic mass is 16.5. The van der Waals surface area contributed by atoms with Gasteiger partial charge in [-0.3, -0.25) is 14.7 Å². The Morgan fingerprint density at radius 3 is 2.50 bits per heavy atom. The van der Waals surface area contributed by atoms with Crippen molar-refractivity contribution in [2.75, 3.05) is 39.9 Å². The third-order valence-electron chi connectivity index (χ3n) is 5.02. The van der Waals surface area contributed by atoms with Gasteiger partial charge in [0.25, 0.3) is 0 Å². The maximum absolute atomic E-state index is 12.6. The first-order valence-corrected chi connectivity index (χ1v) is 10.4. The largest absolute Gasteiger partial charge is 0.493 e. The normalized spacial score (nSPS) is 15.0. The van der Waals surface area contributed by atoms with E-state index in [4.69, 9.17) is 9.47 Å². The highest BCUT2D eigenvalue weighted by molar-refractivity contribution is 5.92. The standard InChI is InChI=1S/C24H31N3O3/c1-19(2)18-30-22-6-4-20(16-23(22)29-3)5-7-24(28)27-14-12-26(13-15-27)17-21-8-10-25-11-9-21/h4-11,16,19H,12-15,17-18H2,1-3H3/b7-5+. The third kappa shape index (κ3) is 6.32. The van der Waals surface area contributed by atoms with E-state index in [-0.39, 0.29) is 5.91 Å². The van der Waals surface area contributed by atoms with E-state index >= 15 is 0 Å². The molecule has 0 radical (unpaired) electrons. The molecule has 2 aromatic rings. The van der Waals surface area contributed by atoms with Gasteiger partial charge in [-0.25, -0.2) is 0 Å². The monoisotopic (exact) mass is 409 g/mol. The molecule has 1 aromatic carbocycles. The van der Waals surface area contributed by atoms with Crippen LogP contribution in [0.1, 0.15) is 25.0 Å². The van der Waals surface area contributed by atoms with Crippen LogP contribution < -0.4 is 9.47 Å². The summed E-state index contributed by atoms with van der Waals surface area (Å²) in [7, 11) is 1.63. The van der Waals surface area contributed by atoms with Gasteiger partial charge in [0, 0.05) is 51.2 Å². The van der Waals surface area contributed by atoms with Gasteiger partial charge in [0.1, 0.15) is 0 Å². The molecule has 1 aromatic heterocycles. The third-order valence-corrected chi connectivity index (χ3v) is 5.02. The SMILES string of the molecule is COc1cc(/C=C/C(=O)N2CCN(Cc3ccncc3)CC2)ccc1OCC(C)C. The van der Waals surface area contributed by atoms with Crippen LogP contribution in [0, 0.1) is 5.92 Å². The molecule has 0 N–H and O–H groups in total. The number of carbonyl (C=O) groups excluding carboxylic acids is 1. The summed E-state index contributed by atoms with van der Waals surface area (Å²) in [6, 6.07) is 9.80. The van der Waals surface area contributed by atoms with Gasteiger partial charge in [-0.05, 0) is 47.4 Å². The Morgan fingerprint density at radius 1 is 1.10 bits per heavy atom. The average Bonchev–Trinajstić information content (AvgIpc) is 2.77. The Bertz CT molecular complexity index is 844. The fraction of sp³-hybridized carbons (Fsp3) is 0.417. The molecular weight excluding hydrogens is 378 g/mol. The van der Waals surface area contributed by atoms with Gasteiger partial charge in [0.05, 0.1) is 13.7 Å². The first-order valence-electron chi connectivity index (χ1n) is 10.4. The average molecular weight is 410 g/mol. The number of methoxy groups -OCH3 is 1. The van der Waals surface area contributed by atoms with Crippen molar-refractivity contribution in [2.45, 2.75) is 20.4 Å². The highest BCUT2D eigenvalue weighted by Crippen LogP contribution is 2.29. The van der Waals surface area contributed by atoms with Gasteiger partial charge in [-0.15, -0.1) is 0 Å². The van der Waals surface area contributed by atoms with Crippen LogP contribution in [-0.2, 0) is 11.3 Å². The van der Waals surface area contributed by atoms with Crippen LogP contribution in [0.15, 0.2) is 48.8 Å². The Labute approximate surface area is 179 Å². The summed E-state index contributed by atoms with van der Waals surface area (Å²) in [5.41, 5.74) is 2.16. The number of amides is 1. The molecule has 0 aliphatic carbocycles. The molecule has 1 aliphatic heterocycles. The van der Waals surface area contributed by atoms with Gasteiger partial charge >= 0.3 is 0 Å². The highest BCUT2D eigenvalue weighted by Gasteiger charge is 2.19. The molecule has 0 spiro atoms. The van der Waals surface area contributed by atoms with Gasteiger partial charge < -0.3 is 14.4 Å². The summed E-state index contributed by atoms with van der Waals surface area (Å²) in [6.07, 6.45) is 7.11. The summed E-state index contributed by atoms with van der Waals surface area (Å²) in [4.78, 5) is 20.9. The van der Waals surface area contributed by atoms with E-state index in [1.807, 2.05) is 53.7 Å². The number of pyridine rings is 1. The quantitative estimate of drug-likeness (QED) is 0.625. The van der Waals surface area contributed by atoms with E-state index in [1.165, 1.54) is 5.56 Å². The number of hydrogen-bond donors (Lipinski definition) is 0. The topological polar surface area (TPSA) is 54.9 Å². The van der Waals surface area contributed by atoms with E-state index < -0.39 is 0 Å². The number of aromatic nitrogens is 1. The molecule has 6 nitrogen and oxygen atoms in total. The van der Waals surface area contributed by atoms with Crippen LogP contribution in [0.3, 0.4) is 0 Å². The lowest BCUT2D eigenvalue weighted by Crippen LogP contribution is -2.47. The fourth-order valence-electron chi connectivity index (χ4n) is 3.31. The molecule has 1 amide bonds. The maximum Gasteiger partial charge on any atom is 0.246 e. The molecule has 0 atom stereocenters. The summed E-state index contributed by atoms with van der Waals surface area (Å²) in [5.74, 6) is 1.88. The zero-order valence-corrected chi connectivity index (χ0v) is 18.1. The number of benzene rings is 1. The molecule has 6 heteroatoms. The second kappa shape index (κ2) is 10.8. The molecule has 0 saturated carbocycles. The van der Waals surface area contributed by atoms with E-state index in [0.29, 0.717) is 18.3 Å². The van der Waals surface area contributed by atoms with Gasteiger partial charge in [0.2, 0.25) is 5.91 Å². The predicted molar refractivity (Wildman–Crippen MR) is 118 cm³/mol. The first kappa shape index (κ1) is 21.8. The van der Waals surface area contributed by atoms with Crippen molar-refractivity contribution in [3.63, 3.8) is 0 Å². The van der Waals surface area contributed by atoms with Crippen LogP contribution in [-0.4, -0.2) is 60.6 Å². The van der Waals surface area contributed by atoms with Gasteiger partial charge in [0.15, 0.2) is 11.5 Å². The lowest BCUT2D eigenvalue weighted by atomic mass is 10.1. The van der Waals surface area contributed by atoms with E-state index in [9.17, 15) is 4.79 Å². The Kier molecular flexibility index (Phi) is 7.85. The Balaban J connectivity index is 1.52. The van der Waals surface area contributed by atoms with Crippen molar-refractivity contribution in [3.05, 3.63) is 59.9 Å². The summed E-state index contributed by atoms with van der Waals surface area (Å²) in [6.45, 7) is 8.96. The Hall–Kier alpha value is -2.86. The molecule has 30 heavy (non-hydrogen) atoms. The molecule has 0 unspecified atom stereocenters. The zero-order chi connectivity index (χ0) is 21.3. The summed E-state index contributed by atoms with van der Waals surface area (Å²) >= 11 is 0. The molecule has 1 fully saturated rings. The first-order chi connectivity index (χ1) is 14.5. The second-order valence-electron chi connectivity index (χ2n) is 7.91. The maximum atomic E-state index is 12.6.